The number of hydrogen-bond acceptors (Lipinski definition) is 5. The maximum Gasteiger partial charge on any atom is 0.257 e. The second kappa shape index (κ2) is 6.99. The van der Waals surface area contributed by atoms with Crippen LogP contribution in [0.1, 0.15) is 25.8 Å². The maximum atomic E-state index is 12.0. The third kappa shape index (κ3) is 4.27. The van der Waals surface area contributed by atoms with E-state index >= 15 is 0 Å². The molecule has 0 aliphatic heterocycles. The molecule has 1 unspecified atom stereocenters. The molecule has 1 heterocycles. The molecule has 0 bridgehead atoms. The second-order valence-corrected chi connectivity index (χ2v) is 6.22. The number of rotatable bonds is 8. The molecular formula is C11H22N4O3S. The topological polar surface area (TPSA) is 98.3 Å². The van der Waals surface area contributed by atoms with Crippen molar-refractivity contribution < 1.29 is 13.5 Å². The Labute approximate surface area is 114 Å². The number of aromatic nitrogens is 2. The Bertz CT molecular complexity index is 486. The number of sulfonamides is 1. The van der Waals surface area contributed by atoms with Gasteiger partial charge in [0.15, 0.2) is 5.03 Å². The molecule has 1 atom stereocenters. The molecule has 0 spiro atoms. The lowest BCUT2D eigenvalue weighted by atomic mass is 10.2. The molecule has 0 aliphatic rings. The average Bonchev–Trinajstić information content (AvgIpc) is 2.86. The summed E-state index contributed by atoms with van der Waals surface area (Å²) < 4.78 is 26.5. The zero-order valence-corrected chi connectivity index (χ0v) is 12.4. The lowest BCUT2D eigenvalue weighted by Crippen LogP contribution is -2.37. The van der Waals surface area contributed by atoms with Gasteiger partial charge in [0.1, 0.15) is 0 Å². The van der Waals surface area contributed by atoms with Gasteiger partial charge in [0.25, 0.3) is 10.0 Å². The first-order valence-electron chi connectivity index (χ1n) is 6.25. The zero-order chi connectivity index (χ0) is 14.5. The fourth-order valence-corrected chi connectivity index (χ4v) is 2.74. The molecule has 19 heavy (non-hydrogen) atoms. The summed E-state index contributed by atoms with van der Waals surface area (Å²) in [6, 6.07) is 0.407. The first kappa shape index (κ1) is 16.1. The summed E-state index contributed by atoms with van der Waals surface area (Å²) in [5.74, 6) is 0. The van der Waals surface area contributed by atoms with E-state index in [1.165, 1.54) is 6.20 Å². The highest BCUT2D eigenvalue weighted by atomic mass is 32.2. The lowest BCUT2D eigenvalue weighted by molar-refractivity contribution is 0.256. The number of nitrogens with zero attached hydrogens (tertiary/aromatic N) is 2. The van der Waals surface area contributed by atoms with Gasteiger partial charge in [0.05, 0.1) is 12.8 Å². The third-order valence-corrected chi connectivity index (χ3v) is 4.69. The Hall–Kier alpha value is -0.960. The lowest BCUT2D eigenvalue weighted by Gasteiger charge is -2.23. The molecule has 7 nitrogen and oxygen atoms in total. The molecule has 0 amide bonds. The molecule has 0 saturated carbocycles. The van der Waals surface area contributed by atoms with Crippen LogP contribution in [-0.2, 0) is 16.6 Å². The Balaban J connectivity index is 2.57. The molecule has 0 saturated heterocycles. The van der Waals surface area contributed by atoms with Crippen LogP contribution >= 0.6 is 0 Å². The molecule has 1 rings (SSSR count). The summed E-state index contributed by atoms with van der Waals surface area (Å²) in [6.07, 6.45) is 2.32. The van der Waals surface area contributed by atoms with Gasteiger partial charge in [-0.15, -0.1) is 0 Å². The number of hydrogen-bond donors (Lipinski definition) is 3. The van der Waals surface area contributed by atoms with Crippen LogP contribution in [0.2, 0.25) is 0 Å². The van der Waals surface area contributed by atoms with Crippen molar-refractivity contribution in [2.75, 3.05) is 20.1 Å². The molecule has 1 aromatic heterocycles. The van der Waals surface area contributed by atoms with Crippen molar-refractivity contribution in [2.45, 2.75) is 37.9 Å². The van der Waals surface area contributed by atoms with Crippen LogP contribution in [0.15, 0.2) is 11.2 Å². The number of likely N-dealkylation sites (N-methyl/N-ethyl adjacent to an activating group) is 1. The predicted molar refractivity (Wildman–Crippen MR) is 72.1 cm³/mol. The van der Waals surface area contributed by atoms with Gasteiger partial charge >= 0.3 is 0 Å². The highest BCUT2D eigenvalue weighted by Crippen LogP contribution is 2.11. The van der Waals surface area contributed by atoms with Gasteiger partial charge in [0.2, 0.25) is 0 Å². The molecule has 0 radical (unpaired) electrons. The second-order valence-electron chi connectivity index (χ2n) is 4.52. The van der Waals surface area contributed by atoms with E-state index in [0.29, 0.717) is 19.1 Å². The van der Waals surface area contributed by atoms with Gasteiger partial charge in [-0.25, -0.2) is 13.1 Å². The van der Waals surface area contributed by atoms with E-state index in [0.717, 1.165) is 6.42 Å². The molecule has 110 valence electrons. The van der Waals surface area contributed by atoms with Crippen molar-refractivity contribution >= 4 is 10.0 Å². The van der Waals surface area contributed by atoms with E-state index in [1.807, 2.05) is 7.05 Å². The normalized spacial score (nSPS) is 13.9. The monoisotopic (exact) mass is 290 g/mol. The summed E-state index contributed by atoms with van der Waals surface area (Å²) in [7, 11) is -1.69. The summed E-state index contributed by atoms with van der Waals surface area (Å²) in [5.41, 5.74) is 0.266. The summed E-state index contributed by atoms with van der Waals surface area (Å²) in [4.78, 5) is 2.09. The van der Waals surface area contributed by atoms with Gasteiger partial charge in [-0.05, 0) is 20.4 Å². The molecule has 0 aromatic carbocycles. The summed E-state index contributed by atoms with van der Waals surface area (Å²) in [6.45, 7) is 4.75. The van der Waals surface area contributed by atoms with Crippen LogP contribution in [0.3, 0.4) is 0 Å². The largest absolute Gasteiger partial charge is 0.392 e. The molecular weight excluding hydrogens is 268 g/mol. The Kier molecular flexibility index (Phi) is 5.92. The van der Waals surface area contributed by atoms with Crippen molar-refractivity contribution in [1.82, 2.24) is 19.8 Å². The third-order valence-electron chi connectivity index (χ3n) is 3.22. The molecule has 0 fully saturated rings. The highest BCUT2D eigenvalue weighted by molar-refractivity contribution is 7.89. The van der Waals surface area contributed by atoms with E-state index < -0.39 is 10.0 Å². The predicted octanol–water partition coefficient (Wildman–Crippen LogP) is -0.0894. The van der Waals surface area contributed by atoms with Crippen molar-refractivity contribution in [3.8, 4) is 0 Å². The number of aliphatic hydroxyl groups is 1. The quantitative estimate of drug-likeness (QED) is 0.621. The average molecular weight is 290 g/mol. The molecule has 8 heteroatoms. The molecule has 1 aromatic rings. The van der Waals surface area contributed by atoms with E-state index in [2.05, 4.69) is 33.7 Å². The minimum absolute atomic E-state index is 0.0683. The highest BCUT2D eigenvalue weighted by Gasteiger charge is 2.20. The van der Waals surface area contributed by atoms with Crippen molar-refractivity contribution in [2.24, 2.45) is 0 Å². The number of aliphatic hydroxyl groups excluding tert-OH is 1. The van der Waals surface area contributed by atoms with E-state index in [4.69, 9.17) is 5.11 Å². The smallest absolute Gasteiger partial charge is 0.257 e. The van der Waals surface area contributed by atoms with Crippen LogP contribution < -0.4 is 4.72 Å². The van der Waals surface area contributed by atoms with Crippen molar-refractivity contribution in [3.05, 3.63) is 11.8 Å². The fraction of sp³-hybridized carbons (Fsp3) is 0.727. The van der Waals surface area contributed by atoms with Crippen molar-refractivity contribution in [3.63, 3.8) is 0 Å². The van der Waals surface area contributed by atoms with Crippen LogP contribution in [0.4, 0.5) is 0 Å². The first-order chi connectivity index (χ1) is 8.92. The standard InChI is InChI=1S/C11H22N4O3S/c1-4-9(2)15(3)6-5-13-19(17,18)11-10(8-16)7-12-14-11/h7,9,13,16H,4-6,8H2,1-3H3,(H,12,14). The van der Waals surface area contributed by atoms with E-state index in [9.17, 15) is 8.42 Å². The van der Waals surface area contributed by atoms with Gasteiger partial charge < -0.3 is 10.0 Å². The molecule has 3 N–H and O–H groups in total. The van der Waals surface area contributed by atoms with Crippen molar-refractivity contribution in [1.29, 1.82) is 0 Å². The van der Waals surface area contributed by atoms with Crippen LogP contribution in [-0.4, -0.2) is 54.8 Å². The van der Waals surface area contributed by atoms with Gasteiger partial charge in [0, 0.05) is 24.7 Å². The first-order valence-corrected chi connectivity index (χ1v) is 7.73. The minimum Gasteiger partial charge on any atom is -0.392 e. The maximum absolute atomic E-state index is 12.0. The van der Waals surface area contributed by atoms with E-state index in [1.54, 1.807) is 0 Å². The van der Waals surface area contributed by atoms with Crippen LogP contribution in [0, 0.1) is 0 Å². The Morgan fingerprint density at radius 1 is 1.58 bits per heavy atom. The Morgan fingerprint density at radius 2 is 2.26 bits per heavy atom. The SMILES string of the molecule is CCC(C)N(C)CCNS(=O)(=O)c1[nH]ncc1CO. The zero-order valence-electron chi connectivity index (χ0n) is 11.5. The number of aromatic amines is 1. The van der Waals surface area contributed by atoms with Gasteiger partial charge in [-0.2, -0.15) is 5.10 Å². The number of nitrogens with one attached hydrogen (secondary N) is 2. The van der Waals surface area contributed by atoms with Gasteiger partial charge in [-0.3, -0.25) is 5.10 Å². The van der Waals surface area contributed by atoms with Crippen LogP contribution in [0.25, 0.3) is 0 Å². The molecule has 0 aliphatic carbocycles. The fourth-order valence-electron chi connectivity index (χ4n) is 1.61. The summed E-state index contributed by atoms with van der Waals surface area (Å²) in [5, 5.41) is 15.0. The number of H-pyrrole nitrogens is 1. The Morgan fingerprint density at radius 3 is 2.84 bits per heavy atom. The summed E-state index contributed by atoms with van der Waals surface area (Å²) >= 11 is 0. The van der Waals surface area contributed by atoms with E-state index in [-0.39, 0.29) is 17.2 Å². The minimum atomic E-state index is -3.64. The van der Waals surface area contributed by atoms with Gasteiger partial charge in [-0.1, -0.05) is 6.92 Å². The van der Waals surface area contributed by atoms with Crippen LogP contribution in [0.5, 0.6) is 0 Å².